The van der Waals surface area contributed by atoms with Gasteiger partial charge in [0.25, 0.3) is 5.56 Å². The molecule has 5 nitrogen and oxygen atoms in total. The zero-order chi connectivity index (χ0) is 17.3. The first-order chi connectivity index (χ1) is 11.4. The fraction of sp³-hybridized carbons (Fsp3) is 0.750. The Hall–Kier alpha value is -1.57. The molecule has 2 fully saturated rings. The first kappa shape index (κ1) is 17.3. The summed E-state index contributed by atoms with van der Waals surface area (Å²) in [4.78, 5) is 24.6. The smallest absolute Gasteiger partial charge is 0.364 e. The average Bonchev–Trinajstić information content (AvgIpc) is 3.05. The van der Waals surface area contributed by atoms with Gasteiger partial charge in [0, 0.05) is 18.3 Å². The van der Waals surface area contributed by atoms with Crippen molar-refractivity contribution in [2.45, 2.75) is 75.9 Å². The maximum atomic E-state index is 12.8. The lowest BCUT2D eigenvalue weighted by Crippen LogP contribution is -2.46. The van der Waals surface area contributed by atoms with Crippen LogP contribution in [0.5, 0.6) is 0 Å². The summed E-state index contributed by atoms with van der Waals surface area (Å²) in [5, 5.41) is 0. The Kier molecular flexibility index (Phi) is 4.85. The Bertz CT molecular complexity index is 689. The molecule has 2 aliphatic rings. The van der Waals surface area contributed by atoms with Gasteiger partial charge in [0.05, 0.1) is 12.6 Å². The second-order valence-corrected chi connectivity index (χ2v) is 6.61. The summed E-state index contributed by atoms with van der Waals surface area (Å²) in [6, 6.07) is 1.38. The molecular formula is C16H21F3N2O3. The van der Waals surface area contributed by atoms with Crippen LogP contribution >= 0.6 is 0 Å². The highest BCUT2D eigenvalue weighted by molar-refractivity contribution is 4.91. The van der Waals surface area contributed by atoms with Gasteiger partial charge in [-0.15, -0.1) is 0 Å². The summed E-state index contributed by atoms with van der Waals surface area (Å²) in [5.41, 5.74) is -0.945. The zero-order valence-corrected chi connectivity index (χ0v) is 13.3. The average molecular weight is 346 g/mol. The lowest BCUT2D eigenvalue weighted by molar-refractivity contribution is -0.246. The van der Waals surface area contributed by atoms with E-state index in [4.69, 9.17) is 4.74 Å². The molecule has 0 N–H and O–H groups in total. The molecule has 1 aliphatic carbocycles. The Labute approximate surface area is 137 Å². The van der Waals surface area contributed by atoms with Gasteiger partial charge >= 0.3 is 11.9 Å². The standard InChI is InChI=1S/C16H21F3N2O3/c17-16(18,19)13-7-3-6-12(24-13)10-21-14(22)8-9-20(15(21)23)11-4-1-2-5-11/h8-9,11-13H,1-7,10H2. The summed E-state index contributed by atoms with van der Waals surface area (Å²) >= 11 is 0. The van der Waals surface area contributed by atoms with Crippen LogP contribution < -0.4 is 11.2 Å². The van der Waals surface area contributed by atoms with Gasteiger partial charge in [-0.25, -0.2) is 4.79 Å². The van der Waals surface area contributed by atoms with Gasteiger partial charge in [-0.05, 0) is 32.1 Å². The summed E-state index contributed by atoms with van der Waals surface area (Å²) in [6.07, 6.45) is -0.947. The number of halogens is 3. The van der Waals surface area contributed by atoms with E-state index < -0.39 is 29.6 Å². The summed E-state index contributed by atoms with van der Waals surface area (Å²) < 4.78 is 46.1. The van der Waals surface area contributed by atoms with E-state index in [0.717, 1.165) is 30.3 Å². The quantitative estimate of drug-likeness (QED) is 0.845. The van der Waals surface area contributed by atoms with Crippen LogP contribution in [0.2, 0.25) is 0 Å². The van der Waals surface area contributed by atoms with Crippen LogP contribution in [-0.4, -0.2) is 27.5 Å². The molecule has 1 aliphatic heterocycles. The van der Waals surface area contributed by atoms with E-state index in [-0.39, 0.29) is 19.0 Å². The van der Waals surface area contributed by atoms with Gasteiger partial charge in [-0.3, -0.25) is 13.9 Å². The third kappa shape index (κ3) is 3.58. The normalized spacial score (nSPS) is 26.0. The molecule has 2 heterocycles. The van der Waals surface area contributed by atoms with Gasteiger partial charge in [0.2, 0.25) is 0 Å². The van der Waals surface area contributed by atoms with Gasteiger partial charge in [-0.1, -0.05) is 12.8 Å². The van der Waals surface area contributed by atoms with Crippen molar-refractivity contribution in [2.24, 2.45) is 0 Å². The number of rotatable bonds is 3. The molecule has 1 aromatic heterocycles. The molecule has 0 aromatic carbocycles. The molecule has 2 unspecified atom stereocenters. The van der Waals surface area contributed by atoms with Crippen molar-refractivity contribution in [1.29, 1.82) is 0 Å². The zero-order valence-electron chi connectivity index (χ0n) is 13.3. The fourth-order valence-corrected chi connectivity index (χ4v) is 3.64. The molecule has 0 radical (unpaired) electrons. The first-order valence-electron chi connectivity index (χ1n) is 8.40. The highest BCUT2D eigenvalue weighted by Crippen LogP contribution is 2.32. The molecule has 24 heavy (non-hydrogen) atoms. The monoisotopic (exact) mass is 346 g/mol. The highest BCUT2D eigenvalue weighted by atomic mass is 19.4. The molecule has 1 saturated heterocycles. The summed E-state index contributed by atoms with van der Waals surface area (Å²) in [7, 11) is 0. The van der Waals surface area contributed by atoms with Crippen LogP contribution in [0.15, 0.2) is 21.9 Å². The van der Waals surface area contributed by atoms with Crippen LogP contribution in [0.1, 0.15) is 51.0 Å². The maximum absolute atomic E-state index is 12.8. The minimum absolute atomic E-state index is 0.0690. The molecule has 3 rings (SSSR count). The van der Waals surface area contributed by atoms with Crippen molar-refractivity contribution >= 4 is 0 Å². The van der Waals surface area contributed by atoms with Crippen molar-refractivity contribution in [3.8, 4) is 0 Å². The second kappa shape index (κ2) is 6.74. The summed E-state index contributed by atoms with van der Waals surface area (Å²) in [6.45, 7) is -0.127. The molecule has 0 bridgehead atoms. The van der Waals surface area contributed by atoms with Gasteiger partial charge in [-0.2, -0.15) is 13.2 Å². The van der Waals surface area contributed by atoms with Gasteiger partial charge in [0.1, 0.15) is 0 Å². The lowest BCUT2D eigenvalue weighted by Gasteiger charge is -2.31. The van der Waals surface area contributed by atoms with Gasteiger partial charge in [0.15, 0.2) is 6.10 Å². The SMILES string of the molecule is O=c1ccn(C2CCCC2)c(=O)n1CC1CCCC(C(F)(F)F)O1. The van der Waals surface area contributed by atoms with E-state index in [1.165, 1.54) is 12.3 Å². The number of nitrogens with zero attached hydrogens (tertiary/aromatic N) is 2. The topological polar surface area (TPSA) is 53.2 Å². The van der Waals surface area contributed by atoms with E-state index in [9.17, 15) is 22.8 Å². The molecule has 0 spiro atoms. The third-order valence-electron chi connectivity index (χ3n) is 4.91. The molecule has 134 valence electrons. The third-order valence-corrected chi connectivity index (χ3v) is 4.91. The number of aromatic nitrogens is 2. The van der Waals surface area contributed by atoms with Crippen LogP contribution in [0.3, 0.4) is 0 Å². The largest absolute Gasteiger partial charge is 0.414 e. The predicted molar refractivity (Wildman–Crippen MR) is 81.0 cm³/mol. The number of hydrogen-bond acceptors (Lipinski definition) is 3. The highest BCUT2D eigenvalue weighted by Gasteiger charge is 2.43. The molecule has 2 atom stereocenters. The Balaban J connectivity index is 1.80. The van der Waals surface area contributed by atoms with E-state index in [1.807, 2.05) is 0 Å². The van der Waals surface area contributed by atoms with E-state index in [1.54, 1.807) is 4.57 Å². The lowest BCUT2D eigenvalue weighted by atomic mass is 10.0. The predicted octanol–water partition coefficient (Wildman–Crippen LogP) is 2.63. The Morgan fingerprint density at radius 2 is 1.79 bits per heavy atom. The Morgan fingerprint density at radius 1 is 1.08 bits per heavy atom. The van der Waals surface area contributed by atoms with E-state index in [2.05, 4.69) is 0 Å². The number of ether oxygens (including phenoxy) is 1. The van der Waals surface area contributed by atoms with Crippen LogP contribution in [0.25, 0.3) is 0 Å². The molecule has 0 amide bonds. The first-order valence-corrected chi connectivity index (χ1v) is 8.40. The molecule has 8 heteroatoms. The van der Waals surface area contributed by atoms with Crippen LogP contribution in [0.4, 0.5) is 13.2 Å². The van der Waals surface area contributed by atoms with Crippen LogP contribution in [-0.2, 0) is 11.3 Å². The van der Waals surface area contributed by atoms with E-state index >= 15 is 0 Å². The van der Waals surface area contributed by atoms with Crippen molar-refractivity contribution in [1.82, 2.24) is 9.13 Å². The molecule has 1 saturated carbocycles. The minimum atomic E-state index is -4.41. The Morgan fingerprint density at radius 3 is 2.46 bits per heavy atom. The van der Waals surface area contributed by atoms with Gasteiger partial charge < -0.3 is 4.74 Å². The minimum Gasteiger partial charge on any atom is -0.364 e. The maximum Gasteiger partial charge on any atom is 0.414 e. The van der Waals surface area contributed by atoms with Crippen molar-refractivity contribution in [3.05, 3.63) is 33.1 Å². The number of alkyl halides is 3. The second-order valence-electron chi connectivity index (χ2n) is 6.61. The molecule has 1 aromatic rings. The van der Waals surface area contributed by atoms with Crippen molar-refractivity contribution in [2.75, 3.05) is 0 Å². The van der Waals surface area contributed by atoms with Crippen molar-refractivity contribution in [3.63, 3.8) is 0 Å². The fourth-order valence-electron chi connectivity index (χ4n) is 3.64. The van der Waals surface area contributed by atoms with E-state index in [0.29, 0.717) is 12.8 Å². The summed E-state index contributed by atoms with van der Waals surface area (Å²) in [5.74, 6) is 0. The van der Waals surface area contributed by atoms with Crippen molar-refractivity contribution < 1.29 is 17.9 Å². The number of hydrogen-bond donors (Lipinski definition) is 0. The molecular weight excluding hydrogens is 325 g/mol. The van der Waals surface area contributed by atoms with Crippen LogP contribution in [0, 0.1) is 0 Å².